The Kier molecular flexibility index (Phi) is 31.0. The topological polar surface area (TPSA) is 119 Å². The summed E-state index contributed by atoms with van der Waals surface area (Å²) in [5, 5.41) is 0. The van der Waals surface area contributed by atoms with Crippen molar-refractivity contribution in [3.05, 3.63) is 36.5 Å². The lowest BCUT2D eigenvalue weighted by Gasteiger charge is -2.18. The highest BCUT2D eigenvalue weighted by atomic mass is 31.2. The van der Waals surface area contributed by atoms with Crippen molar-refractivity contribution >= 4 is 19.8 Å². The van der Waals surface area contributed by atoms with Gasteiger partial charge >= 0.3 is 19.8 Å². The molecule has 0 aliphatic rings. The Morgan fingerprint density at radius 3 is 1.60 bits per heavy atom. The Morgan fingerprint density at radius 1 is 0.600 bits per heavy atom. The lowest BCUT2D eigenvalue weighted by molar-refractivity contribution is -0.161. The van der Waals surface area contributed by atoms with E-state index in [1.165, 1.54) is 64.2 Å². The highest BCUT2D eigenvalue weighted by molar-refractivity contribution is 7.46. The number of esters is 2. The molecule has 0 spiro atoms. The van der Waals surface area contributed by atoms with Gasteiger partial charge in [-0.2, -0.15) is 0 Å². The van der Waals surface area contributed by atoms with E-state index in [9.17, 15) is 14.2 Å². The van der Waals surface area contributed by atoms with Crippen LogP contribution in [0, 0.1) is 0 Å². The Balaban J connectivity index is 3.99. The maximum atomic E-state index is 12.3. The molecule has 45 heavy (non-hydrogen) atoms. The zero-order chi connectivity index (χ0) is 33.3. The van der Waals surface area contributed by atoms with E-state index in [1.807, 2.05) is 0 Å². The Labute approximate surface area is 274 Å². The van der Waals surface area contributed by atoms with Crippen molar-refractivity contribution in [1.29, 1.82) is 0 Å². The molecule has 2 N–H and O–H groups in total. The fourth-order valence-corrected chi connectivity index (χ4v) is 5.16. The summed E-state index contributed by atoms with van der Waals surface area (Å²) in [5.74, 6) is -0.898. The first-order valence-electron chi connectivity index (χ1n) is 17.8. The van der Waals surface area contributed by atoms with Crippen LogP contribution >= 0.6 is 7.82 Å². The number of phosphoric acid groups is 1. The van der Waals surface area contributed by atoms with E-state index in [0.29, 0.717) is 6.42 Å². The summed E-state index contributed by atoms with van der Waals surface area (Å²) in [5.41, 5.74) is 0. The number of hydrogen-bond acceptors (Lipinski definition) is 6. The largest absolute Gasteiger partial charge is 0.469 e. The molecule has 0 aliphatic carbocycles. The molecule has 0 saturated heterocycles. The molecule has 8 nitrogen and oxygen atoms in total. The third kappa shape index (κ3) is 35.0. The van der Waals surface area contributed by atoms with Crippen LogP contribution in [-0.4, -0.2) is 41.0 Å². The second kappa shape index (κ2) is 32.2. The minimum absolute atomic E-state index is 0.201. The highest BCUT2D eigenvalue weighted by Gasteiger charge is 2.22. The second-order valence-corrected chi connectivity index (χ2v) is 13.1. The van der Waals surface area contributed by atoms with Gasteiger partial charge in [0, 0.05) is 12.8 Å². The number of allylic oxidation sites excluding steroid dienone is 6. The Hall–Kier alpha value is -1.73. The first-order chi connectivity index (χ1) is 21.8. The number of ether oxygens (including phenoxy) is 2. The van der Waals surface area contributed by atoms with Crippen molar-refractivity contribution in [1.82, 2.24) is 0 Å². The fraction of sp³-hybridized carbons (Fsp3) is 0.778. The van der Waals surface area contributed by atoms with Gasteiger partial charge in [0.15, 0.2) is 6.10 Å². The summed E-state index contributed by atoms with van der Waals surface area (Å²) in [4.78, 5) is 42.6. The van der Waals surface area contributed by atoms with Crippen LogP contribution in [0.25, 0.3) is 0 Å². The molecule has 0 amide bonds. The molecular weight excluding hydrogens is 591 g/mol. The number of carbonyl (C=O) groups excluding carboxylic acids is 2. The SMILES string of the molecule is CC/C=C\C/C=C\C/C=C\CCCCCCCCCC(=O)OC(COC(=O)CCCCCCCCCCCC)COP(=O)(O)O. The normalized spacial score (nSPS) is 12.9. The van der Waals surface area contributed by atoms with Crippen molar-refractivity contribution in [2.45, 2.75) is 168 Å². The smallest absolute Gasteiger partial charge is 0.462 e. The first-order valence-corrected chi connectivity index (χ1v) is 19.3. The summed E-state index contributed by atoms with van der Waals surface area (Å²) in [6.45, 7) is 3.53. The zero-order valence-electron chi connectivity index (χ0n) is 28.5. The van der Waals surface area contributed by atoms with Gasteiger partial charge in [-0.15, -0.1) is 0 Å². The van der Waals surface area contributed by atoms with Gasteiger partial charge in [0.05, 0.1) is 6.61 Å². The van der Waals surface area contributed by atoms with Crippen LogP contribution in [0.5, 0.6) is 0 Å². The van der Waals surface area contributed by atoms with Crippen molar-refractivity contribution in [3.8, 4) is 0 Å². The Morgan fingerprint density at radius 2 is 1.07 bits per heavy atom. The number of rotatable bonds is 32. The predicted molar refractivity (Wildman–Crippen MR) is 184 cm³/mol. The molecule has 0 aromatic heterocycles. The predicted octanol–water partition coefficient (Wildman–Crippen LogP) is 10.2. The van der Waals surface area contributed by atoms with Crippen LogP contribution in [0.3, 0.4) is 0 Å². The van der Waals surface area contributed by atoms with Gasteiger partial charge in [0.1, 0.15) is 6.61 Å². The average molecular weight is 657 g/mol. The van der Waals surface area contributed by atoms with Crippen LogP contribution < -0.4 is 0 Å². The minimum Gasteiger partial charge on any atom is -0.462 e. The van der Waals surface area contributed by atoms with E-state index in [2.05, 4.69) is 54.8 Å². The monoisotopic (exact) mass is 656 g/mol. The molecule has 0 aliphatic heterocycles. The van der Waals surface area contributed by atoms with Crippen LogP contribution in [0.1, 0.15) is 162 Å². The number of unbranched alkanes of at least 4 members (excludes halogenated alkanes) is 16. The van der Waals surface area contributed by atoms with Crippen LogP contribution in [0.2, 0.25) is 0 Å². The van der Waals surface area contributed by atoms with Crippen LogP contribution in [0.4, 0.5) is 0 Å². The Bertz CT molecular complexity index is 833. The van der Waals surface area contributed by atoms with E-state index in [4.69, 9.17) is 19.3 Å². The third-order valence-corrected chi connectivity index (χ3v) is 7.91. The fourth-order valence-electron chi connectivity index (χ4n) is 4.80. The third-order valence-electron chi connectivity index (χ3n) is 7.42. The van der Waals surface area contributed by atoms with E-state index in [0.717, 1.165) is 64.2 Å². The van der Waals surface area contributed by atoms with Gasteiger partial charge in [-0.3, -0.25) is 14.1 Å². The van der Waals surface area contributed by atoms with E-state index in [1.54, 1.807) is 0 Å². The van der Waals surface area contributed by atoms with Gasteiger partial charge in [-0.05, 0) is 44.9 Å². The molecule has 1 atom stereocenters. The molecule has 262 valence electrons. The lowest BCUT2D eigenvalue weighted by Crippen LogP contribution is -2.29. The number of carbonyl (C=O) groups is 2. The molecule has 0 radical (unpaired) electrons. The van der Waals surface area contributed by atoms with Crippen molar-refractivity contribution in [2.75, 3.05) is 13.2 Å². The summed E-state index contributed by atoms with van der Waals surface area (Å²) in [7, 11) is -4.75. The molecule has 0 aromatic carbocycles. The standard InChI is InChI=1S/C36H65O8P/c1-3-5-7-9-11-13-15-16-17-18-19-20-21-23-25-27-29-31-36(38)44-34(33-43-45(39,40)41)32-42-35(37)30-28-26-24-22-14-12-10-8-6-4-2/h5,7,11,13,16-17,34H,3-4,6,8-10,12,14-15,18-33H2,1-2H3,(H2,39,40,41)/b7-5-,13-11-,17-16-. The average Bonchev–Trinajstić information content (AvgIpc) is 3.00. The molecule has 0 rings (SSSR count). The molecule has 0 saturated carbocycles. The van der Waals surface area contributed by atoms with Gasteiger partial charge in [-0.25, -0.2) is 4.57 Å². The van der Waals surface area contributed by atoms with Gasteiger partial charge in [-0.1, -0.05) is 140 Å². The van der Waals surface area contributed by atoms with Crippen LogP contribution in [-0.2, 0) is 28.2 Å². The quantitative estimate of drug-likeness (QED) is 0.0318. The molecule has 0 bridgehead atoms. The second-order valence-electron chi connectivity index (χ2n) is 11.8. The molecule has 0 heterocycles. The highest BCUT2D eigenvalue weighted by Crippen LogP contribution is 2.36. The molecule has 0 fully saturated rings. The minimum atomic E-state index is -4.75. The number of phosphoric ester groups is 1. The summed E-state index contributed by atoms with van der Waals surface area (Å²) < 4.78 is 26.2. The molecule has 1 unspecified atom stereocenters. The van der Waals surface area contributed by atoms with E-state index in [-0.39, 0.29) is 19.4 Å². The van der Waals surface area contributed by atoms with E-state index < -0.39 is 32.5 Å². The van der Waals surface area contributed by atoms with Crippen molar-refractivity contribution < 1.29 is 37.9 Å². The molecule has 9 heteroatoms. The van der Waals surface area contributed by atoms with Gasteiger partial charge in [0.2, 0.25) is 0 Å². The van der Waals surface area contributed by atoms with Gasteiger partial charge in [0.25, 0.3) is 0 Å². The maximum Gasteiger partial charge on any atom is 0.469 e. The molecular formula is C36H65O8P. The zero-order valence-corrected chi connectivity index (χ0v) is 29.4. The van der Waals surface area contributed by atoms with E-state index >= 15 is 0 Å². The lowest BCUT2D eigenvalue weighted by atomic mass is 10.1. The summed E-state index contributed by atoms with van der Waals surface area (Å²) in [6.07, 6.45) is 35.8. The molecule has 0 aromatic rings. The number of hydrogen-bond donors (Lipinski definition) is 2. The van der Waals surface area contributed by atoms with Crippen LogP contribution in [0.15, 0.2) is 36.5 Å². The van der Waals surface area contributed by atoms with Crippen molar-refractivity contribution in [3.63, 3.8) is 0 Å². The van der Waals surface area contributed by atoms with Crippen molar-refractivity contribution in [2.24, 2.45) is 0 Å². The summed E-state index contributed by atoms with van der Waals surface area (Å²) in [6, 6.07) is 0. The first kappa shape index (κ1) is 43.3. The summed E-state index contributed by atoms with van der Waals surface area (Å²) >= 11 is 0. The maximum absolute atomic E-state index is 12.3. The van der Waals surface area contributed by atoms with Gasteiger partial charge < -0.3 is 19.3 Å².